The van der Waals surface area contributed by atoms with E-state index >= 15 is 52.7 Å². The second-order valence-corrected chi connectivity index (χ2v) is 11.4. The van der Waals surface area contributed by atoms with Crippen molar-refractivity contribution >= 4 is 11.9 Å². The Morgan fingerprint density at radius 2 is 0.550 bits per heavy atom. The Hall–Kier alpha value is -3.90. The lowest BCUT2D eigenvalue weighted by molar-refractivity contribution is -0.658. The fourth-order valence-electron chi connectivity index (χ4n) is 5.76. The topological polar surface area (TPSA) is 71.1 Å². The van der Waals surface area contributed by atoms with Crippen LogP contribution in [0, 0.1) is 0 Å². The normalized spacial score (nSPS) is 31.3. The van der Waals surface area contributed by atoms with Crippen LogP contribution in [0.2, 0.25) is 0 Å². The fraction of sp³-hybridized carbons (Fsp3) is 0.727. The molecular weight excluding hydrogens is 968 g/mol. The van der Waals surface area contributed by atoms with Crippen molar-refractivity contribution in [3.05, 3.63) is 23.3 Å². The Kier molecular flexibility index (Phi) is 10.4. The quantitative estimate of drug-likeness (QED) is 0.124. The molecule has 0 spiro atoms. The van der Waals surface area contributed by atoms with E-state index < -0.39 is 130 Å². The first-order valence-corrected chi connectivity index (χ1v) is 13.1. The van der Waals surface area contributed by atoms with Gasteiger partial charge in [-0.05, 0) is 0 Å². The zero-order valence-electron chi connectivity index (χ0n) is 25.5. The third kappa shape index (κ3) is 5.15. The van der Waals surface area contributed by atoms with Gasteiger partial charge in [-0.25, -0.2) is 18.4 Å². The van der Waals surface area contributed by atoms with Gasteiger partial charge in [0.15, 0.2) is 0 Å². The zero-order valence-corrected chi connectivity index (χ0v) is 25.5. The van der Waals surface area contributed by atoms with Gasteiger partial charge in [0, 0.05) is 0 Å². The molecule has 38 heteroatoms. The highest BCUT2D eigenvalue weighted by molar-refractivity contribution is 5.90. The van der Waals surface area contributed by atoms with Gasteiger partial charge in [0.05, 0.1) is 0 Å². The molecule has 4 bridgehead atoms. The third-order valence-corrected chi connectivity index (χ3v) is 8.28. The van der Waals surface area contributed by atoms with Crippen LogP contribution in [0.3, 0.4) is 0 Å². The molecule has 0 aliphatic heterocycles. The molecule has 0 atom stereocenters. The first-order chi connectivity index (χ1) is 25.8. The van der Waals surface area contributed by atoms with Crippen LogP contribution in [0.4, 0.5) is 140 Å². The second-order valence-electron chi connectivity index (χ2n) is 11.4. The lowest BCUT2D eigenvalue weighted by Crippen LogP contribution is -3.11. The summed E-state index contributed by atoms with van der Waals surface area (Å²) in [6.45, 7) is 0. The number of esters is 2. The molecule has 60 heavy (non-hydrogen) atoms. The lowest BCUT2D eigenvalue weighted by Gasteiger charge is -2.76. The lowest BCUT2D eigenvalue weighted by atomic mass is 9.39. The van der Waals surface area contributed by atoms with Crippen LogP contribution >= 0.6 is 0 Å². The van der Waals surface area contributed by atoms with Gasteiger partial charge in [0.2, 0.25) is 11.1 Å². The molecule has 4 aliphatic rings. The summed E-state index contributed by atoms with van der Waals surface area (Å²) in [5, 5.41) is 0. The zero-order chi connectivity index (χ0) is 48.3. The minimum absolute atomic E-state index is 1.38. The minimum atomic E-state index is -9.77. The van der Waals surface area contributed by atoms with Crippen LogP contribution in [0.5, 0.6) is 0 Å². The molecule has 6 nitrogen and oxygen atoms in total. The van der Waals surface area contributed by atoms with Crippen molar-refractivity contribution in [2.24, 2.45) is 0 Å². The van der Waals surface area contributed by atoms with Gasteiger partial charge in [0.1, 0.15) is 0 Å². The van der Waals surface area contributed by atoms with E-state index in [1.165, 1.54) is 9.47 Å². The van der Waals surface area contributed by atoms with Crippen molar-refractivity contribution in [2.45, 2.75) is 94.9 Å². The summed E-state index contributed by atoms with van der Waals surface area (Å²) in [5.41, 5.74) is -47.0. The molecule has 0 unspecified atom stereocenters. The number of carbonyl (C=O) groups excluding carboxylic acids is 2. The van der Waals surface area contributed by atoms with Gasteiger partial charge in [-0.2, -0.15) is 132 Å². The minimum Gasteiger partial charge on any atom is -0.390 e. The van der Waals surface area contributed by atoms with Gasteiger partial charge < -0.3 is 9.47 Å². The van der Waals surface area contributed by atoms with Crippen molar-refractivity contribution in [1.29, 1.82) is 0 Å². The molecule has 0 saturated heterocycles. The SMILES string of the molecule is O=C(OC(F)(F)C(F)(F)OC12C(F)(F)C3(F)C(F)(F)C(F)(C1(F)F)C(F)(F)C(OC(F)(F)C(F)(F)OC(=O)C(=C(F)F)C(F)(F)F)(C3(F)F)C2(F)F)C(=C(F)F)C(F)(F)F. The van der Waals surface area contributed by atoms with Gasteiger partial charge >= 0.3 is 95.6 Å². The van der Waals surface area contributed by atoms with E-state index in [9.17, 15) is 97.4 Å². The number of ether oxygens (including phenoxy) is 4. The summed E-state index contributed by atoms with van der Waals surface area (Å²) >= 11 is 0. The van der Waals surface area contributed by atoms with Crippen molar-refractivity contribution in [3.63, 3.8) is 0 Å². The maximum atomic E-state index is 15.9. The van der Waals surface area contributed by atoms with E-state index in [1.54, 1.807) is 9.47 Å². The molecule has 4 fully saturated rings. The van der Waals surface area contributed by atoms with Gasteiger partial charge in [0.25, 0.3) is 23.4 Å². The monoisotopic (exact) mass is 968 g/mol. The van der Waals surface area contributed by atoms with Crippen molar-refractivity contribution in [3.8, 4) is 0 Å². The molecule has 0 aromatic heterocycles. The Labute approximate surface area is 300 Å². The van der Waals surface area contributed by atoms with E-state index in [0.717, 1.165) is 0 Å². The first kappa shape index (κ1) is 50.5. The molecule has 0 heterocycles. The average molecular weight is 968 g/mol. The molecule has 0 aromatic carbocycles. The first-order valence-electron chi connectivity index (χ1n) is 13.1. The number of carbonyl (C=O) groups is 2. The standard InChI is InChI=1S/C22F32O6/c23-3(24)1(7(27,28)29)5(55)57-19(47,48)21(51,52)59-11-14(37,38)9(33)13(35,36)10(34,15(11,39)40)17(43,44)12(16(9,41)42,18(11,45)46)60-22(53,54)20(49,50)58-6(56)2(4(25)26)8(30,31)32. The van der Waals surface area contributed by atoms with Crippen LogP contribution in [0.15, 0.2) is 23.3 Å². The molecule has 4 rings (SSSR count). The highest BCUT2D eigenvalue weighted by Crippen LogP contribution is 2.89. The van der Waals surface area contributed by atoms with E-state index in [2.05, 4.69) is 0 Å². The summed E-state index contributed by atoms with van der Waals surface area (Å²) < 4.78 is 464. The Morgan fingerprint density at radius 3 is 0.733 bits per heavy atom. The largest absolute Gasteiger partial charge is 0.496 e. The molecule has 0 amide bonds. The van der Waals surface area contributed by atoms with Crippen LogP contribution in [-0.2, 0) is 28.5 Å². The summed E-state index contributed by atoms with van der Waals surface area (Å²) in [6.07, 6.45) is -58.5. The molecular formula is C22F32O6. The summed E-state index contributed by atoms with van der Waals surface area (Å²) in [5.74, 6) is -66.5. The highest BCUT2D eigenvalue weighted by Gasteiger charge is 3.24. The van der Waals surface area contributed by atoms with Crippen LogP contribution in [0.25, 0.3) is 0 Å². The molecule has 4 aliphatic carbocycles. The summed E-state index contributed by atoms with van der Waals surface area (Å²) in [4.78, 5) is 22.4. The van der Waals surface area contributed by atoms with Crippen LogP contribution in [0.1, 0.15) is 0 Å². The molecule has 0 radical (unpaired) electrons. The van der Waals surface area contributed by atoms with Gasteiger partial charge in [-0.3, -0.25) is 9.47 Å². The van der Waals surface area contributed by atoms with Crippen molar-refractivity contribution in [1.82, 2.24) is 0 Å². The number of hydrogen-bond acceptors (Lipinski definition) is 6. The summed E-state index contributed by atoms with van der Waals surface area (Å²) in [6, 6.07) is 0. The summed E-state index contributed by atoms with van der Waals surface area (Å²) in [7, 11) is 0. The van der Waals surface area contributed by atoms with E-state index in [0.29, 0.717) is 0 Å². The maximum Gasteiger partial charge on any atom is 0.496 e. The third-order valence-electron chi connectivity index (χ3n) is 8.28. The Bertz CT molecular complexity index is 1710. The predicted octanol–water partition coefficient (Wildman–Crippen LogP) is 9.65. The van der Waals surface area contributed by atoms with Gasteiger partial charge in [-0.1, -0.05) is 0 Å². The van der Waals surface area contributed by atoms with E-state index in [1.807, 2.05) is 0 Å². The molecule has 0 N–H and O–H groups in total. The van der Waals surface area contributed by atoms with Gasteiger partial charge in [-0.15, -0.1) is 0 Å². The average Bonchev–Trinajstić information content (AvgIpc) is 2.96. The predicted molar refractivity (Wildman–Crippen MR) is 108 cm³/mol. The number of hydrogen-bond donors (Lipinski definition) is 0. The number of rotatable bonds is 10. The van der Waals surface area contributed by atoms with Crippen molar-refractivity contribution < 1.29 is 169 Å². The van der Waals surface area contributed by atoms with Crippen molar-refractivity contribution in [2.75, 3.05) is 0 Å². The smallest absolute Gasteiger partial charge is 0.390 e. The molecule has 348 valence electrons. The Balaban J connectivity index is 2.54. The highest BCUT2D eigenvalue weighted by atomic mass is 19.4. The number of alkyl halides is 28. The Morgan fingerprint density at radius 1 is 0.333 bits per heavy atom. The number of halogens is 32. The van der Waals surface area contributed by atoms with Crippen LogP contribution < -0.4 is 0 Å². The second kappa shape index (κ2) is 12.4. The van der Waals surface area contributed by atoms with E-state index in [4.69, 9.17) is 0 Å². The fourth-order valence-corrected chi connectivity index (χ4v) is 5.76. The maximum absolute atomic E-state index is 15.9. The molecule has 0 aromatic rings. The molecule has 4 saturated carbocycles. The van der Waals surface area contributed by atoms with Crippen LogP contribution in [-0.4, -0.2) is 107 Å². The van der Waals surface area contributed by atoms with E-state index in [-0.39, 0.29) is 0 Å².